The summed E-state index contributed by atoms with van der Waals surface area (Å²) < 4.78 is 5.85. The standard InChI is InChI=1S/C25H33N5O2/c1-29(14-15-30(2)25(31)21-7-8-21)23-10-9-22(17-28-27-12-11-23)19-3-5-20(6-4-19)24-18-26-13-16-32-24/h3-6,9-12,17,21,24,26-27H,7-8,13-16,18H2,1-2H3. The van der Waals surface area contributed by atoms with Crippen LogP contribution in [0.3, 0.4) is 0 Å². The Kier molecular flexibility index (Phi) is 7.39. The zero-order chi connectivity index (χ0) is 22.3. The summed E-state index contributed by atoms with van der Waals surface area (Å²) in [5, 5.41) is 10.7. The fourth-order valence-electron chi connectivity index (χ4n) is 3.82. The molecule has 1 amide bonds. The van der Waals surface area contributed by atoms with E-state index < -0.39 is 0 Å². The molecule has 2 heterocycles. The lowest BCUT2D eigenvalue weighted by atomic mass is 10.0. The smallest absolute Gasteiger partial charge is 0.225 e. The molecule has 1 aliphatic carbocycles. The minimum atomic E-state index is 0.108. The maximum atomic E-state index is 12.2. The summed E-state index contributed by atoms with van der Waals surface area (Å²) in [5.41, 5.74) is 4.34. The first kappa shape index (κ1) is 22.3. The number of nitrogens with zero attached hydrogens (tertiary/aromatic N) is 3. The molecule has 1 atom stereocenters. The summed E-state index contributed by atoms with van der Waals surface area (Å²) in [6, 6.07) is 14.7. The molecule has 32 heavy (non-hydrogen) atoms. The van der Waals surface area contributed by atoms with Crippen LogP contribution in [0.2, 0.25) is 0 Å². The van der Waals surface area contributed by atoms with Crippen LogP contribution in [-0.4, -0.2) is 67.9 Å². The molecule has 1 unspecified atom stereocenters. The lowest BCUT2D eigenvalue weighted by Gasteiger charge is -2.24. The molecule has 1 saturated heterocycles. The van der Waals surface area contributed by atoms with E-state index in [2.05, 4.69) is 56.8 Å². The van der Waals surface area contributed by atoms with Crippen LogP contribution in [0, 0.1) is 5.92 Å². The van der Waals surface area contributed by atoms with E-state index in [0.29, 0.717) is 6.54 Å². The van der Waals surface area contributed by atoms with Crippen molar-refractivity contribution in [1.82, 2.24) is 20.4 Å². The van der Waals surface area contributed by atoms with Gasteiger partial charge < -0.3 is 19.9 Å². The Morgan fingerprint density at radius 2 is 1.84 bits per heavy atom. The van der Waals surface area contributed by atoms with Crippen molar-refractivity contribution in [3.05, 3.63) is 60.4 Å². The van der Waals surface area contributed by atoms with Crippen molar-refractivity contribution < 1.29 is 9.53 Å². The van der Waals surface area contributed by atoms with Crippen LogP contribution in [0.25, 0.3) is 11.1 Å². The second kappa shape index (κ2) is 10.6. The van der Waals surface area contributed by atoms with Crippen molar-refractivity contribution in [2.75, 3.05) is 51.8 Å². The number of amides is 1. The summed E-state index contributed by atoms with van der Waals surface area (Å²) in [4.78, 5) is 16.2. The van der Waals surface area contributed by atoms with E-state index in [0.717, 1.165) is 55.9 Å². The molecule has 2 N–H and O–H groups in total. The van der Waals surface area contributed by atoms with Gasteiger partial charge in [0.25, 0.3) is 0 Å². The highest BCUT2D eigenvalue weighted by molar-refractivity contribution is 5.80. The van der Waals surface area contributed by atoms with E-state index in [1.807, 2.05) is 37.5 Å². The highest BCUT2D eigenvalue weighted by Crippen LogP contribution is 2.30. The molecule has 0 spiro atoms. The SMILES string of the molecule is CN(CCN(C)c1cc[nH]ncc(-c2ccc(C3CNCCO3)cc2)cc1)C(=O)C1CC1. The van der Waals surface area contributed by atoms with Gasteiger partial charge in [0.15, 0.2) is 0 Å². The third-order valence-corrected chi connectivity index (χ3v) is 6.10. The molecule has 1 aromatic carbocycles. The van der Waals surface area contributed by atoms with E-state index in [1.165, 1.54) is 5.56 Å². The summed E-state index contributed by atoms with van der Waals surface area (Å²) in [7, 11) is 3.94. The Hall–Kier alpha value is -2.90. The van der Waals surface area contributed by atoms with E-state index >= 15 is 0 Å². The van der Waals surface area contributed by atoms with Gasteiger partial charge >= 0.3 is 0 Å². The highest BCUT2D eigenvalue weighted by Gasteiger charge is 2.31. The van der Waals surface area contributed by atoms with E-state index in [4.69, 9.17) is 4.74 Å². The Labute approximate surface area is 190 Å². The zero-order valence-electron chi connectivity index (χ0n) is 19.0. The molecule has 1 saturated carbocycles. The first-order valence-corrected chi connectivity index (χ1v) is 11.4. The number of morpholine rings is 1. The van der Waals surface area contributed by atoms with E-state index in [9.17, 15) is 4.79 Å². The van der Waals surface area contributed by atoms with Crippen LogP contribution in [-0.2, 0) is 9.53 Å². The molecule has 0 radical (unpaired) electrons. The summed E-state index contributed by atoms with van der Waals surface area (Å²) in [6.45, 7) is 3.97. The number of anilines is 1. The van der Waals surface area contributed by atoms with Crippen molar-refractivity contribution in [3.8, 4) is 11.1 Å². The average Bonchev–Trinajstić information content (AvgIpc) is 3.66. The van der Waals surface area contributed by atoms with Gasteiger partial charge in [-0.25, -0.2) is 0 Å². The Bertz CT molecular complexity index is 947. The van der Waals surface area contributed by atoms with Crippen LogP contribution < -0.4 is 10.2 Å². The number of rotatable bonds is 7. The molecule has 170 valence electrons. The Morgan fingerprint density at radius 1 is 1.06 bits per heavy atom. The summed E-state index contributed by atoms with van der Waals surface area (Å²) in [5.74, 6) is 0.529. The predicted octanol–water partition coefficient (Wildman–Crippen LogP) is 3.17. The minimum Gasteiger partial charge on any atom is -0.373 e. The number of benzene rings is 1. The molecule has 4 rings (SSSR count). The highest BCUT2D eigenvalue weighted by atomic mass is 16.5. The van der Waals surface area contributed by atoms with Gasteiger partial charge in [-0.3, -0.25) is 9.89 Å². The minimum absolute atomic E-state index is 0.108. The van der Waals surface area contributed by atoms with Crippen molar-refractivity contribution in [2.45, 2.75) is 18.9 Å². The fraction of sp³-hybridized carbons (Fsp3) is 0.440. The lowest BCUT2D eigenvalue weighted by molar-refractivity contribution is -0.131. The largest absolute Gasteiger partial charge is 0.373 e. The van der Waals surface area contributed by atoms with E-state index in [1.54, 1.807) is 0 Å². The Morgan fingerprint density at radius 3 is 2.56 bits per heavy atom. The fourth-order valence-corrected chi connectivity index (χ4v) is 3.82. The zero-order valence-corrected chi connectivity index (χ0v) is 19.0. The van der Waals surface area contributed by atoms with Crippen LogP contribution in [0.1, 0.15) is 24.5 Å². The van der Waals surface area contributed by atoms with Crippen molar-refractivity contribution >= 4 is 11.6 Å². The van der Waals surface area contributed by atoms with Gasteiger partial charge in [0.2, 0.25) is 5.91 Å². The number of carbonyl (C=O) groups is 1. The molecule has 2 aliphatic rings. The Balaban J connectivity index is 1.46. The number of ether oxygens (including phenoxy) is 1. The number of H-pyrrole nitrogens is 1. The molecule has 2 fully saturated rings. The maximum Gasteiger partial charge on any atom is 0.225 e. The van der Waals surface area contributed by atoms with Crippen molar-refractivity contribution in [2.24, 2.45) is 5.92 Å². The van der Waals surface area contributed by atoms with Gasteiger partial charge in [-0.2, -0.15) is 5.10 Å². The third-order valence-electron chi connectivity index (χ3n) is 6.10. The summed E-state index contributed by atoms with van der Waals surface area (Å²) in [6.07, 6.45) is 5.84. The number of hydrogen-bond donors (Lipinski definition) is 2. The van der Waals surface area contributed by atoms with Crippen LogP contribution in [0.4, 0.5) is 5.69 Å². The van der Waals surface area contributed by atoms with Gasteiger partial charge in [0.1, 0.15) is 0 Å². The topological polar surface area (TPSA) is 73.5 Å². The van der Waals surface area contributed by atoms with Crippen molar-refractivity contribution in [3.63, 3.8) is 0 Å². The van der Waals surface area contributed by atoms with Crippen LogP contribution in [0.5, 0.6) is 0 Å². The molecular weight excluding hydrogens is 402 g/mol. The predicted molar refractivity (Wildman–Crippen MR) is 127 cm³/mol. The molecule has 0 bridgehead atoms. The molecule has 7 nitrogen and oxygen atoms in total. The normalized spacial score (nSPS) is 18.0. The van der Waals surface area contributed by atoms with Gasteiger partial charge in [-0.05, 0) is 36.1 Å². The number of aromatic nitrogens is 2. The van der Waals surface area contributed by atoms with Gasteiger partial charge in [0.05, 0.1) is 18.9 Å². The first-order chi connectivity index (χ1) is 15.6. The molecule has 1 aromatic heterocycles. The number of carbonyl (C=O) groups excluding carboxylic acids is 1. The van der Waals surface area contributed by atoms with E-state index in [-0.39, 0.29) is 17.9 Å². The first-order valence-electron chi connectivity index (χ1n) is 11.4. The molecule has 1 aliphatic heterocycles. The molecule has 2 aromatic rings. The third kappa shape index (κ3) is 5.87. The summed E-state index contributed by atoms with van der Waals surface area (Å²) >= 11 is 0. The van der Waals surface area contributed by atoms with Gasteiger partial charge in [0, 0.05) is 63.6 Å². The van der Waals surface area contributed by atoms with Gasteiger partial charge in [-0.15, -0.1) is 0 Å². The number of nitrogens with one attached hydrogen (secondary N) is 2. The quantitative estimate of drug-likeness (QED) is 0.699. The maximum absolute atomic E-state index is 12.2. The van der Waals surface area contributed by atoms with Crippen LogP contribution in [0.15, 0.2) is 54.9 Å². The lowest BCUT2D eigenvalue weighted by Crippen LogP contribution is -2.35. The average molecular weight is 436 g/mol. The van der Waals surface area contributed by atoms with Crippen molar-refractivity contribution in [1.29, 1.82) is 0 Å². The number of aromatic amines is 1. The monoisotopic (exact) mass is 435 g/mol. The number of likely N-dealkylation sites (N-methyl/N-ethyl adjacent to an activating group) is 2. The second-order valence-corrected chi connectivity index (χ2v) is 8.58. The van der Waals surface area contributed by atoms with Crippen LogP contribution >= 0.6 is 0 Å². The molecular formula is C25H33N5O2. The van der Waals surface area contributed by atoms with Gasteiger partial charge in [-0.1, -0.05) is 30.3 Å². The number of hydrogen-bond acceptors (Lipinski definition) is 5. The second-order valence-electron chi connectivity index (χ2n) is 8.58. The molecule has 7 heteroatoms.